The fourth-order valence-electron chi connectivity index (χ4n) is 4.89. The minimum absolute atomic E-state index is 0.0418. The van der Waals surface area contributed by atoms with E-state index in [0.29, 0.717) is 6.54 Å². The molecule has 1 fully saturated rings. The van der Waals surface area contributed by atoms with Crippen LogP contribution < -0.4 is 5.32 Å². The minimum Gasteiger partial charge on any atom is -0.391 e. The first-order valence-electron chi connectivity index (χ1n) is 11.4. The van der Waals surface area contributed by atoms with Crippen LogP contribution in [-0.4, -0.2) is 40.5 Å². The van der Waals surface area contributed by atoms with Crippen LogP contribution in [0.1, 0.15) is 52.2 Å². The summed E-state index contributed by atoms with van der Waals surface area (Å²) in [6.07, 6.45) is -0.390. The van der Waals surface area contributed by atoms with E-state index in [9.17, 15) is 14.7 Å². The monoisotopic (exact) mass is 456 g/mol. The molecular weight excluding hydrogens is 420 g/mol. The number of nitrogens with one attached hydrogen (secondary N) is 1. The molecule has 0 radical (unpaired) electrons. The first-order valence-corrected chi connectivity index (χ1v) is 12.3. The summed E-state index contributed by atoms with van der Waals surface area (Å²) in [6.45, 7) is 12.9. The highest BCUT2D eigenvalue weighted by molar-refractivity contribution is 7.13. The molecule has 32 heavy (non-hydrogen) atoms. The molecule has 2 amide bonds. The van der Waals surface area contributed by atoms with Crippen LogP contribution in [0.15, 0.2) is 35.7 Å². The Morgan fingerprint density at radius 1 is 1.19 bits per heavy atom. The van der Waals surface area contributed by atoms with E-state index in [1.807, 2.05) is 26.0 Å². The van der Waals surface area contributed by atoms with Gasteiger partial charge in [-0.1, -0.05) is 58.9 Å². The molecule has 1 aliphatic rings. The lowest BCUT2D eigenvalue weighted by Gasteiger charge is -2.37. The van der Waals surface area contributed by atoms with Crippen molar-refractivity contribution in [3.05, 3.63) is 46.8 Å². The van der Waals surface area contributed by atoms with E-state index in [1.54, 1.807) is 16.2 Å². The average Bonchev–Trinajstić information content (AvgIpc) is 3.30. The number of hydrogen-bond acceptors (Lipinski definition) is 4. The second kappa shape index (κ2) is 9.75. The summed E-state index contributed by atoms with van der Waals surface area (Å²) < 4.78 is 0. The van der Waals surface area contributed by atoms with Crippen LogP contribution in [0, 0.1) is 24.2 Å². The predicted molar refractivity (Wildman–Crippen MR) is 130 cm³/mol. The molecular formula is C26H36N2O3S. The van der Waals surface area contributed by atoms with Gasteiger partial charge < -0.3 is 15.3 Å². The third kappa shape index (κ3) is 5.41. The molecule has 0 aliphatic carbocycles. The van der Waals surface area contributed by atoms with Gasteiger partial charge in [-0.15, -0.1) is 11.3 Å². The number of aliphatic hydroxyl groups excluding tert-OH is 1. The molecule has 0 bridgehead atoms. The van der Waals surface area contributed by atoms with Gasteiger partial charge in [-0.2, -0.15) is 0 Å². The summed E-state index contributed by atoms with van der Waals surface area (Å²) in [5.74, 6) is -0.310. The van der Waals surface area contributed by atoms with Crippen molar-refractivity contribution in [1.82, 2.24) is 10.2 Å². The highest BCUT2D eigenvalue weighted by Gasteiger charge is 2.44. The molecule has 0 unspecified atom stereocenters. The van der Waals surface area contributed by atoms with Gasteiger partial charge in [0.25, 0.3) is 0 Å². The van der Waals surface area contributed by atoms with Crippen LogP contribution in [0.3, 0.4) is 0 Å². The lowest BCUT2D eigenvalue weighted by Crippen LogP contribution is -2.50. The first kappa shape index (κ1) is 24.5. The number of amides is 2. The number of likely N-dealkylation sites (tertiary alicyclic amines) is 1. The zero-order valence-electron chi connectivity index (χ0n) is 20.0. The SMILES string of the molecule is Cc1ccsc1-c1ccc(CNC(=O)[C@@H]2C[C@@H](O)CN2C(=O)[C@@H](C(C)C)C(C)(C)C)cc1. The molecule has 174 valence electrons. The van der Waals surface area contributed by atoms with E-state index >= 15 is 0 Å². The van der Waals surface area contributed by atoms with E-state index in [2.05, 4.69) is 56.6 Å². The molecule has 3 atom stereocenters. The quantitative estimate of drug-likeness (QED) is 0.666. The predicted octanol–water partition coefficient (Wildman–Crippen LogP) is 4.62. The average molecular weight is 457 g/mol. The summed E-state index contributed by atoms with van der Waals surface area (Å²) in [7, 11) is 0. The van der Waals surface area contributed by atoms with Crippen LogP contribution in [0.5, 0.6) is 0 Å². The number of aryl methyl sites for hydroxylation is 1. The van der Waals surface area contributed by atoms with Crippen molar-refractivity contribution < 1.29 is 14.7 Å². The number of β-amino-alcohol motifs (C(OH)–C–C–N with tert-alkyl or cyclic N) is 1. The van der Waals surface area contributed by atoms with E-state index in [1.165, 1.54) is 16.0 Å². The molecule has 1 aliphatic heterocycles. The smallest absolute Gasteiger partial charge is 0.243 e. The summed E-state index contributed by atoms with van der Waals surface area (Å²) >= 11 is 1.72. The molecule has 0 saturated carbocycles. The van der Waals surface area contributed by atoms with Crippen LogP contribution in [0.2, 0.25) is 0 Å². The molecule has 6 heteroatoms. The molecule has 2 aromatic rings. The number of aliphatic hydroxyl groups is 1. The summed E-state index contributed by atoms with van der Waals surface area (Å²) in [5.41, 5.74) is 3.21. The number of rotatable bonds is 6. The minimum atomic E-state index is -0.671. The molecule has 1 aromatic carbocycles. The van der Waals surface area contributed by atoms with Crippen LogP contribution >= 0.6 is 11.3 Å². The topological polar surface area (TPSA) is 69.6 Å². The number of carbonyl (C=O) groups is 2. The van der Waals surface area contributed by atoms with Crippen LogP contribution in [0.25, 0.3) is 10.4 Å². The van der Waals surface area contributed by atoms with Crippen molar-refractivity contribution in [2.75, 3.05) is 6.54 Å². The molecule has 2 heterocycles. The van der Waals surface area contributed by atoms with Gasteiger partial charge in [0.2, 0.25) is 11.8 Å². The Balaban J connectivity index is 1.67. The number of benzene rings is 1. The third-order valence-corrected chi connectivity index (χ3v) is 7.34. The van der Waals surface area contributed by atoms with Gasteiger partial charge >= 0.3 is 0 Å². The highest BCUT2D eigenvalue weighted by Crippen LogP contribution is 2.35. The van der Waals surface area contributed by atoms with Crippen molar-refractivity contribution in [1.29, 1.82) is 0 Å². The Labute approximate surface area is 195 Å². The maximum Gasteiger partial charge on any atom is 0.243 e. The third-order valence-electron chi connectivity index (χ3n) is 6.28. The van der Waals surface area contributed by atoms with Crippen molar-refractivity contribution in [2.45, 2.75) is 66.7 Å². The van der Waals surface area contributed by atoms with Gasteiger partial charge in [0.1, 0.15) is 6.04 Å². The lowest BCUT2D eigenvalue weighted by atomic mass is 9.73. The summed E-state index contributed by atoms with van der Waals surface area (Å²) in [5, 5.41) is 15.3. The van der Waals surface area contributed by atoms with Gasteiger partial charge in [-0.3, -0.25) is 9.59 Å². The van der Waals surface area contributed by atoms with Gasteiger partial charge in [0, 0.05) is 30.3 Å². The summed E-state index contributed by atoms with van der Waals surface area (Å²) in [6, 6.07) is 9.68. The Hall–Kier alpha value is -2.18. The fraction of sp³-hybridized carbons (Fsp3) is 0.538. The second-order valence-corrected chi connectivity index (χ2v) is 11.2. The number of hydrogen-bond donors (Lipinski definition) is 2. The molecule has 2 N–H and O–H groups in total. The van der Waals surface area contributed by atoms with Gasteiger partial charge in [-0.05, 0) is 46.4 Å². The van der Waals surface area contributed by atoms with E-state index < -0.39 is 12.1 Å². The molecule has 3 rings (SSSR count). The molecule has 1 saturated heterocycles. The standard InChI is InChI=1S/C26H36N2O3S/c1-16(2)22(26(4,5)6)25(31)28-15-20(29)13-21(28)24(30)27-14-18-7-9-19(10-8-18)23-17(3)11-12-32-23/h7-12,16,20-22,29H,13-15H2,1-6H3,(H,27,30)/t20-,21+,22-/m1/s1. The Morgan fingerprint density at radius 3 is 2.38 bits per heavy atom. The van der Waals surface area contributed by atoms with Gasteiger partial charge in [0.05, 0.1) is 6.10 Å². The molecule has 0 spiro atoms. The Kier molecular flexibility index (Phi) is 7.46. The number of nitrogens with zero attached hydrogens (tertiary/aromatic N) is 1. The van der Waals surface area contributed by atoms with Crippen molar-refractivity contribution in [3.63, 3.8) is 0 Å². The van der Waals surface area contributed by atoms with Gasteiger partial charge in [0.15, 0.2) is 0 Å². The maximum absolute atomic E-state index is 13.4. The Bertz CT molecular complexity index is 943. The van der Waals surface area contributed by atoms with E-state index in [-0.39, 0.29) is 42.0 Å². The van der Waals surface area contributed by atoms with Crippen molar-refractivity contribution >= 4 is 23.2 Å². The van der Waals surface area contributed by atoms with Crippen molar-refractivity contribution in [2.24, 2.45) is 17.3 Å². The zero-order valence-corrected chi connectivity index (χ0v) is 20.8. The first-order chi connectivity index (χ1) is 15.0. The molecule has 1 aromatic heterocycles. The Morgan fingerprint density at radius 2 is 1.84 bits per heavy atom. The largest absolute Gasteiger partial charge is 0.391 e. The number of carbonyl (C=O) groups excluding carboxylic acids is 2. The van der Waals surface area contributed by atoms with Gasteiger partial charge in [-0.25, -0.2) is 0 Å². The van der Waals surface area contributed by atoms with Crippen LogP contribution in [-0.2, 0) is 16.1 Å². The van der Waals surface area contributed by atoms with Crippen LogP contribution in [0.4, 0.5) is 0 Å². The number of thiophene rings is 1. The highest BCUT2D eigenvalue weighted by atomic mass is 32.1. The molecule has 5 nitrogen and oxygen atoms in total. The summed E-state index contributed by atoms with van der Waals surface area (Å²) in [4.78, 5) is 29.2. The normalized spacial score (nSPS) is 19.9. The van der Waals surface area contributed by atoms with E-state index in [4.69, 9.17) is 0 Å². The fourth-order valence-corrected chi connectivity index (χ4v) is 5.82. The maximum atomic E-state index is 13.4. The van der Waals surface area contributed by atoms with E-state index in [0.717, 1.165) is 5.56 Å². The second-order valence-electron chi connectivity index (χ2n) is 10.3. The lowest BCUT2D eigenvalue weighted by molar-refractivity contribution is -0.146. The van der Waals surface area contributed by atoms with Crippen molar-refractivity contribution in [3.8, 4) is 10.4 Å². The zero-order chi connectivity index (χ0) is 23.6.